The van der Waals surface area contributed by atoms with Gasteiger partial charge in [0.15, 0.2) is 0 Å². The Kier molecular flexibility index (Phi) is 7.68. The predicted molar refractivity (Wildman–Crippen MR) is 139 cm³/mol. The minimum atomic E-state index is -3.72. The van der Waals surface area contributed by atoms with Gasteiger partial charge in [-0.1, -0.05) is 6.92 Å². The Balaban J connectivity index is 1.41. The van der Waals surface area contributed by atoms with Gasteiger partial charge in [0.1, 0.15) is 17.3 Å². The molecule has 0 saturated carbocycles. The van der Waals surface area contributed by atoms with E-state index >= 15 is 0 Å². The van der Waals surface area contributed by atoms with Gasteiger partial charge in [0.25, 0.3) is 5.91 Å². The fraction of sp³-hybridized carbons (Fsp3) is 0.600. The maximum absolute atomic E-state index is 13.7. The van der Waals surface area contributed by atoms with Crippen LogP contribution in [0, 0.1) is 5.92 Å². The zero-order chi connectivity index (χ0) is 26.9. The Bertz CT molecular complexity index is 1290. The van der Waals surface area contributed by atoms with Crippen molar-refractivity contribution in [1.29, 1.82) is 0 Å². The summed E-state index contributed by atoms with van der Waals surface area (Å²) in [5.74, 6) is 1.49. The number of aromatic nitrogens is 4. The molecule has 38 heavy (non-hydrogen) atoms. The first kappa shape index (κ1) is 26.6. The number of carbonyl (C=O) groups is 1. The van der Waals surface area contributed by atoms with Crippen molar-refractivity contribution in [3.63, 3.8) is 0 Å². The van der Waals surface area contributed by atoms with Crippen LogP contribution >= 0.6 is 0 Å². The number of tetrazole rings is 1. The van der Waals surface area contributed by atoms with Crippen LogP contribution in [0.25, 0.3) is 0 Å². The van der Waals surface area contributed by atoms with E-state index < -0.39 is 16.1 Å². The van der Waals surface area contributed by atoms with Crippen molar-refractivity contribution in [2.45, 2.75) is 50.5 Å². The van der Waals surface area contributed by atoms with Crippen LogP contribution in [0.15, 0.2) is 34.4 Å². The van der Waals surface area contributed by atoms with Gasteiger partial charge in [0, 0.05) is 38.7 Å². The molecule has 12 nitrogen and oxygen atoms in total. The van der Waals surface area contributed by atoms with E-state index in [-0.39, 0.29) is 10.8 Å². The van der Waals surface area contributed by atoms with Gasteiger partial charge in [-0.3, -0.25) is 9.69 Å². The topological polar surface area (TPSA) is 137 Å². The van der Waals surface area contributed by atoms with Crippen LogP contribution < -0.4 is 10.1 Å². The molecule has 206 valence electrons. The molecule has 1 aromatic carbocycles. The molecule has 5 rings (SSSR count). The molecule has 13 heteroatoms. The van der Waals surface area contributed by atoms with Crippen LogP contribution in [-0.2, 0) is 21.2 Å². The van der Waals surface area contributed by atoms with Gasteiger partial charge in [-0.2, -0.15) is 4.31 Å². The molecule has 2 N–H and O–H groups in total. The van der Waals surface area contributed by atoms with Gasteiger partial charge in [0.2, 0.25) is 10.0 Å². The fourth-order valence-electron chi connectivity index (χ4n) is 5.79. The Morgan fingerprint density at radius 2 is 1.97 bits per heavy atom. The zero-order valence-electron chi connectivity index (χ0n) is 22.2. The summed E-state index contributed by atoms with van der Waals surface area (Å²) < 4.78 is 34.9. The number of rotatable bonds is 9. The van der Waals surface area contributed by atoms with Crippen molar-refractivity contribution in [3.8, 4) is 5.75 Å². The zero-order valence-corrected chi connectivity index (χ0v) is 23.0. The summed E-state index contributed by atoms with van der Waals surface area (Å²) in [6.45, 7) is 7.57. The molecule has 0 spiro atoms. The molecule has 1 amide bonds. The Morgan fingerprint density at radius 3 is 2.66 bits per heavy atom. The van der Waals surface area contributed by atoms with Gasteiger partial charge in [-0.05, 0) is 72.8 Å². The molecule has 1 saturated heterocycles. The first-order chi connectivity index (χ1) is 18.3. The van der Waals surface area contributed by atoms with E-state index in [2.05, 4.69) is 37.8 Å². The molecule has 2 aromatic rings. The van der Waals surface area contributed by atoms with Crippen molar-refractivity contribution in [2.75, 3.05) is 46.5 Å². The van der Waals surface area contributed by atoms with Gasteiger partial charge in [-0.15, -0.1) is 5.10 Å². The molecule has 0 bridgehead atoms. The number of likely N-dealkylation sites (N-methyl/N-ethyl adjacent to an activating group) is 1. The molecule has 1 atom stereocenters. The maximum Gasteiger partial charge on any atom is 0.268 e. The summed E-state index contributed by atoms with van der Waals surface area (Å²) in [5, 5.41) is 17.1. The number of aromatic amines is 1. The Labute approximate surface area is 223 Å². The summed E-state index contributed by atoms with van der Waals surface area (Å²) in [5.41, 5.74) is 2.29. The first-order valence-electron chi connectivity index (χ1n) is 13.3. The van der Waals surface area contributed by atoms with Gasteiger partial charge >= 0.3 is 0 Å². The quantitative estimate of drug-likeness (QED) is 0.478. The number of hydrogen-bond acceptors (Lipinski definition) is 9. The van der Waals surface area contributed by atoms with E-state index in [9.17, 15) is 13.2 Å². The predicted octanol–water partition coefficient (Wildman–Crippen LogP) is 1.28. The number of nitrogens with one attached hydrogen (secondary N) is 2. The van der Waals surface area contributed by atoms with E-state index in [1.807, 2.05) is 18.9 Å². The summed E-state index contributed by atoms with van der Waals surface area (Å²) in [6.07, 6.45) is 3.18. The second-order valence-electron chi connectivity index (χ2n) is 10.2. The largest absolute Gasteiger partial charge is 0.494 e. The molecule has 4 heterocycles. The smallest absolute Gasteiger partial charge is 0.268 e. The lowest BCUT2D eigenvalue weighted by molar-refractivity contribution is -0.118. The lowest BCUT2D eigenvalue weighted by Gasteiger charge is -2.35. The number of benzene rings is 1. The molecule has 1 aromatic heterocycles. The molecular weight excluding hydrogens is 508 g/mol. The fourth-order valence-corrected chi connectivity index (χ4v) is 7.29. The van der Waals surface area contributed by atoms with E-state index in [0.29, 0.717) is 62.3 Å². The van der Waals surface area contributed by atoms with Crippen LogP contribution in [0.5, 0.6) is 5.75 Å². The second-order valence-corrected chi connectivity index (χ2v) is 12.1. The summed E-state index contributed by atoms with van der Waals surface area (Å²) in [7, 11) is -1.80. The standard InChI is InChI=1S/C25H36N8O4S/c1-4-10-32-15-20-23(26-25(34)24(20)31(3)16-32)19-14-18(6-7-21(19)37-5-2)38(35,36)33-11-8-17(9-12-33)13-22-27-29-30-28-22/h6-7,14,17,23H,4-5,8-13,15-16H2,1-3H3,(H,26,34)(H,27,28,29,30). The molecule has 0 radical (unpaired) electrons. The van der Waals surface area contributed by atoms with Gasteiger partial charge in [0.05, 0.1) is 24.2 Å². The number of hydrogen-bond donors (Lipinski definition) is 2. The third kappa shape index (κ3) is 5.14. The number of nitrogens with zero attached hydrogens (tertiary/aromatic N) is 6. The van der Waals surface area contributed by atoms with Crippen LogP contribution in [0.4, 0.5) is 0 Å². The number of H-pyrrole nitrogens is 1. The van der Waals surface area contributed by atoms with Crippen molar-refractivity contribution in [1.82, 2.24) is 40.0 Å². The highest BCUT2D eigenvalue weighted by atomic mass is 32.2. The monoisotopic (exact) mass is 544 g/mol. The number of piperidine rings is 1. The summed E-state index contributed by atoms with van der Waals surface area (Å²) >= 11 is 0. The van der Waals surface area contributed by atoms with Crippen molar-refractivity contribution < 1.29 is 17.9 Å². The lowest BCUT2D eigenvalue weighted by atomic mass is 9.94. The molecule has 3 aliphatic rings. The van der Waals surface area contributed by atoms with E-state index in [0.717, 1.165) is 37.2 Å². The molecule has 1 unspecified atom stereocenters. The number of carbonyl (C=O) groups excluding carboxylic acids is 1. The van der Waals surface area contributed by atoms with Crippen LogP contribution in [-0.4, -0.2) is 95.6 Å². The van der Waals surface area contributed by atoms with Crippen molar-refractivity contribution in [2.24, 2.45) is 5.92 Å². The number of amides is 1. The van der Waals surface area contributed by atoms with Crippen LogP contribution in [0.3, 0.4) is 0 Å². The van der Waals surface area contributed by atoms with Crippen molar-refractivity contribution >= 4 is 15.9 Å². The molecule has 3 aliphatic heterocycles. The highest BCUT2D eigenvalue weighted by Gasteiger charge is 2.40. The maximum atomic E-state index is 13.7. The van der Waals surface area contributed by atoms with Gasteiger partial charge in [-0.25, -0.2) is 13.5 Å². The minimum Gasteiger partial charge on any atom is -0.494 e. The summed E-state index contributed by atoms with van der Waals surface area (Å²) in [4.78, 5) is 17.5. The highest BCUT2D eigenvalue weighted by molar-refractivity contribution is 7.89. The average Bonchev–Trinajstić information content (AvgIpc) is 3.52. The number of sulfonamides is 1. The van der Waals surface area contributed by atoms with Crippen LogP contribution in [0.1, 0.15) is 50.5 Å². The third-order valence-electron chi connectivity index (χ3n) is 7.55. The first-order valence-corrected chi connectivity index (χ1v) is 14.7. The summed E-state index contributed by atoms with van der Waals surface area (Å²) in [6, 6.07) is 4.57. The van der Waals surface area contributed by atoms with Crippen molar-refractivity contribution in [3.05, 3.63) is 40.9 Å². The van der Waals surface area contributed by atoms with Crippen LogP contribution in [0.2, 0.25) is 0 Å². The van der Waals surface area contributed by atoms with Gasteiger partial charge < -0.3 is 15.0 Å². The molecular formula is C25H36N8O4S. The van der Waals surface area contributed by atoms with E-state index in [1.54, 1.807) is 22.5 Å². The Hall–Kier alpha value is -3.03. The molecule has 1 fully saturated rings. The Morgan fingerprint density at radius 1 is 1.18 bits per heavy atom. The lowest BCUT2D eigenvalue weighted by Crippen LogP contribution is -2.43. The normalized spacial score (nSPS) is 21.6. The van der Waals surface area contributed by atoms with E-state index in [1.165, 1.54) is 0 Å². The third-order valence-corrected chi connectivity index (χ3v) is 9.44. The number of ether oxygens (including phenoxy) is 1. The van der Waals surface area contributed by atoms with E-state index in [4.69, 9.17) is 4.74 Å². The highest BCUT2D eigenvalue weighted by Crippen LogP contribution is 2.40. The second kappa shape index (κ2) is 11.0. The molecule has 0 aliphatic carbocycles. The SMILES string of the molecule is CCCN1CC2=C(C(=O)NC2c2cc(S(=O)(=O)N3CCC(Cc4nnn[nH]4)CC3)ccc2OCC)N(C)C1. The minimum absolute atomic E-state index is 0.136. The average molecular weight is 545 g/mol.